The van der Waals surface area contributed by atoms with Crippen molar-refractivity contribution in [3.8, 4) is 11.5 Å². The topological polar surface area (TPSA) is 94.5 Å². The van der Waals surface area contributed by atoms with Gasteiger partial charge >= 0.3 is 0 Å². The molecule has 0 bridgehead atoms. The van der Waals surface area contributed by atoms with Crippen LogP contribution in [0.25, 0.3) is 6.08 Å². The fourth-order valence-corrected chi connectivity index (χ4v) is 6.23. The van der Waals surface area contributed by atoms with Gasteiger partial charge in [0.15, 0.2) is 16.7 Å². The Bertz CT molecular complexity index is 1250. The molecule has 0 radical (unpaired) electrons. The number of amidine groups is 1. The molecule has 1 fully saturated rings. The molecular weight excluding hydrogens is 536 g/mol. The molecule has 39 heavy (non-hydrogen) atoms. The summed E-state index contributed by atoms with van der Waals surface area (Å²) in [6.07, 6.45) is 9.27. The van der Waals surface area contributed by atoms with E-state index in [-0.39, 0.29) is 22.5 Å². The van der Waals surface area contributed by atoms with E-state index in [0.29, 0.717) is 36.0 Å². The van der Waals surface area contributed by atoms with Crippen LogP contribution in [0, 0.1) is 0 Å². The Hall–Kier alpha value is -2.82. The van der Waals surface area contributed by atoms with E-state index in [1.807, 2.05) is 12.1 Å². The van der Waals surface area contributed by atoms with Crippen LogP contribution in [0.4, 0.5) is 0 Å². The first-order valence-corrected chi connectivity index (χ1v) is 15.6. The van der Waals surface area contributed by atoms with Crippen molar-refractivity contribution in [3.63, 3.8) is 0 Å². The maximum atomic E-state index is 13.3. The van der Waals surface area contributed by atoms with Gasteiger partial charge in [-0.1, -0.05) is 63.3 Å². The highest BCUT2D eigenvalue weighted by Gasteiger charge is 2.34. The lowest BCUT2D eigenvalue weighted by Crippen LogP contribution is -2.31. The molecule has 2 aromatic rings. The number of carbonyl (C=O) groups is 1. The molecule has 0 spiro atoms. The summed E-state index contributed by atoms with van der Waals surface area (Å²) in [4.78, 5) is 15.2. The van der Waals surface area contributed by atoms with Crippen LogP contribution >= 0.6 is 11.8 Å². The van der Waals surface area contributed by atoms with Gasteiger partial charge in [-0.3, -0.25) is 9.69 Å². The van der Waals surface area contributed by atoms with Gasteiger partial charge in [-0.15, -0.1) is 4.40 Å². The Kier molecular flexibility index (Phi) is 12.4. The first-order valence-electron chi connectivity index (χ1n) is 13.3. The van der Waals surface area contributed by atoms with Gasteiger partial charge in [0.25, 0.3) is 15.9 Å². The third-order valence-corrected chi connectivity index (χ3v) is 8.50. The highest BCUT2D eigenvalue weighted by atomic mass is 32.2. The SMILES string of the molecule is CCCCCCCCOc1cc(/C=C2\S/C(=N/S(=O)(=O)c3ccccc3)N(CCCOC)C2=O)ccc1OC. The average molecular weight is 575 g/mol. The molecule has 0 aliphatic carbocycles. The predicted molar refractivity (Wildman–Crippen MR) is 157 cm³/mol. The van der Waals surface area contributed by atoms with Crippen LogP contribution in [-0.4, -0.2) is 58.4 Å². The summed E-state index contributed by atoms with van der Waals surface area (Å²) in [7, 11) is -0.813. The lowest BCUT2D eigenvalue weighted by molar-refractivity contribution is -0.122. The van der Waals surface area contributed by atoms with Crippen LogP contribution in [0.5, 0.6) is 11.5 Å². The number of benzene rings is 2. The zero-order valence-electron chi connectivity index (χ0n) is 22.9. The fraction of sp³-hybridized carbons (Fsp3) is 0.448. The van der Waals surface area contributed by atoms with Crippen molar-refractivity contribution < 1.29 is 27.4 Å². The standard InChI is InChI=1S/C29H38N2O6S2/c1-4-5-6-7-8-12-20-37-26-21-23(16-17-25(26)36-3)22-27-28(32)31(18-13-19-35-2)29(38-27)30-39(33,34)24-14-10-9-11-15-24/h9-11,14-17,21-22H,4-8,12-13,18-20H2,1-3H3/b27-22-,30-29+. The number of hydrogen-bond donors (Lipinski definition) is 0. The highest BCUT2D eigenvalue weighted by Crippen LogP contribution is 2.36. The van der Waals surface area contributed by atoms with Crippen molar-refractivity contribution in [1.29, 1.82) is 0 Å². The summed E-state index contributed by atoms with van der Waals surface area (Å²) in [6.45, 7) is 3.51. The molecule has 0 aromatic heterocycles. The number of nitrogens with zero attached hydrogens (tertiary/aromatic N) is 2. The van der Waals surface area contributed by atoms with Gasteiger partial charge in [0.2, 0.25) is 0 Å². The minimum Gasteiger partial charge on any atom is -0.493 e. The average Bonchev–Trinajstić information content (AvgIpc) is 3.21. The van der Waals surface area contributed by atoms with E-state index in [1.165, 1.54) is 42.7 Å². The highest BCUT2D eigenvalue weighted by molar-refractivity contribution is 8.19. The van der Waals surface area contributed by atoms with Crippen LogP contribution in [0.1, 0.15) is 57.4 Å². The number of sulfonamides is 1. The summed E-state index contributed by atoms with van der Waals surface area (Å²) in [6, 6.07) is 13.4. The van der Waals surface area contributed by atoms with E-state index >= 15 is 0 Å². The number of rotatable bonds is 16. The van der Waals surface area contributed by atoms with Crippen LogP contribution in [-0.2, 0) is 19.6 Å². The number of amides is 1. The lowest BCUT2D eigenvalue weighted by Gasteiger charge is -2.15. The van der Waals surface area contributed by atoms with E-state index in [2.05, 4.69) is 11.3 Å². The van der Waals surface area contributed by atoms with E-state index in [0.717, 1.165) is 30.2 Å². The van der Waals surface area contributed by atoms with Crippen LogP contribution in [0.15, 0.2) is 62.7 Å². The maximum absolute atomic E-state index is 13.3. The molecule has 2 aromatic carbocycles. The summed E-state index contributed by atoms with van der Waals surface area (Å²) >= 11 is 1.04. The Morgan fingerprint density at radius 1 is 0.923 bits per heavy atom. The Balaban J connectivity index is 1.80. The van der Waals surface area contributed by atoms with Crippen molar-refractivity contribution in [2.45, 2.75) is 56.8 Å². The smallest absolute Gasteiger partial charge is 0.284 e. The second-order valence-corrected chi connectivity index (χ2v) is 11.7. The van der Waals surface area contributed by atoms with E-state index in [4.69, 9.17) is 14.2 Å². The summed E-state index contributed by atoms with van der Waals surface area (Å²) in [5, 5.41) is 0.124. The van der Waals surface area contributed by atoms with Crippen molar-refractivity contribution >= 4 is 38.9 Å². The number of unbranched alkanes of at least 4 members (excludes halogenated alkanes) is 5. The zero-order chi connectivity index (χ0) is 28.1. The summed E-state index contributed by atoms with van der Waals surface area (Å²) < 4.78 is 46.5. The monoisotopic (exact) mass is 574 g/mol. The molecular formula is C29H38N2O6S2. The van der Waals surface area contributed by atoms with Crippen molar-refractivity contribution in [1.82, 2.24) is 4.90 Å². The number of methoxy groups -OCH3 is 2. The van der Waals surface area contributed by atoms with Gasteiger partial charge in [0, 0.05) is 20.3 Å². The third-order valence-electron chi connectivity index (χ3n) is 6.10. The molecule has 3 rings (SSSR count). The predicted octanol–water partition coefficient (Wildman–Crippen LogP) is 6.13. The Labute approximate surface area is 236 Å². The minimum atomic E-state index is -3.98. The molecule has 1 amide bonds. The molecule has 8 nitrogen and oxygen atoms in total. The van der Waals surface area contributed by atoms with Gasteiger partial charge in [0.1, 0.15) is 0 Å². The largest absolute Gasteiger partial charge is 0.493 e. The number of ether oxygens (including phenoxy) is 3. The normalized spacial score (nSPS) is 15.9. The molecule has 1 aliphatic rings. The fourth-order valence-electron chi connectivity index (χ4n) is 4.00. The molecule has 0 saturated carbocycles. The van der Waals surface area contributed by atoms with E-state index in [9.17, 15) is 13.2 Å². The number of hydrogen-bond acceptors (Lipinski definition) is 7. The first-order chi connectivity index (χ1) is 18.9. The number of thioether (sulfide) groups is 1. The molecule has 10 heteroatoms. The van der Waals surface area contributed by atoms with E-state index < -0.39 is 10.0 Å². The van der Waals surface area contributed by atoms with Crippen molar-refractivity contribution in [2.24, 2.45) is 4.40 Å². The molecule has 212 valence electrons. The summed E-state index contributed by atoms with van der Waals surface area (Å²) in [5.74, 6) is 0.919. The Morgan fingerprint density at radius 3 is 2.38 bits per heavy atom. The molecule has 1 saturated heterocycles. The van der Waals surface area contributed by atoms with Gasteiger partial charge in [-0.25, -0.2) is 0 Å². The zero-order valence-corrected chi connectivity index (χ0v) is 24.6. The second kappa shape index (κ2) is 15.7. The minimum absolute atomic E-state index is 0.0714. The lowest BCUT2D eigenvalue weighted by atomic mass is 10.1. The van der Waals surface area contributed by atoms with Crippen molar-refractivity contribution in [2.75, 3.05) is 34.0 Å². The molecule has 0 atom stereocenters. The van der Waals surface area contributed by atoms with Crippen LogP contribution in [0.2, 0.25) is 0 Å². The molecule has 1 aliphatic heterocycles. The second-order valence-electron chi connectivity index (χ2n) is 9.10. The summed E-state index contributed by atoms with van der Waals surface area (Å²) in [5.41, 5.74) is 0.744. The van der Waals surface area contributed by atoms with E-state index in [1.54, 1.807) is 44.6 Å². The maximum Gasteiger partial charge on any atom is 0.284 e. The third kappa shape index (κ3) is 9.12. The van der Waals surface area contributed by atoms with Gasteiger partial charge in [-0.2, -0.15) is 8.42 Å². The number of carbonyl (C=O) groups excluding carboxylic acids is 1. The van der Waals surface area contributed by atoms with Crippen molar-refractivity contribution in [3.05, 3.63) is 59.0 Å². The van der Waals surface area contributed by atoms with Crippen LogP contribution < -0.4 is 9.47 Å². The molecule has 1 heterocycles. The van der Waals surface area contributed by atoms with Gasteiger partial charge in [0.05, 0.1) is 23.5 Å². The van der Waals surface area contributed by atoms with Crippen LogP contribution in [0.3, 0.4) is 0 Å². The van der Waals surface area contributed by atoms with Gasteiger partial charge in [-0.05, 0) is 60.5 Å². The quantitative estimate of drug-likeness (QED) is 0.176. The molecule has 0 unspecified atom stereocenters. The molecule has 0 N–H and O–H groups in total. The first kappa shape index (κ1) is 30.7. The van der Waals surface area contributed by atoms with Gasteiger partial charge < -0.3 is 14.2 Å². The Morgan fingerprint density at radius 2 is 1.67 bits per heavy atom.